The van der Waals surface area contributed by atoms with Crippen molar-refractivity contribution in [3.63, 3.8) is 0 Å². The predicted octanol–water partition coefficient (Wildman–Crippen LogP) is 5.98. The molecule has 1 aromatic carbocycles. The minimum atomic E-state index is -0.560. The molecule has 0 N–H and O–H groups in total. The van der Waals surface area contributed by atoms with Crippen LogP contribution in [0.5, 0.6) is 5.75 Å². The second-order valence-electron chi connectivity index (χ2n) is 6.81. The first-order valence-corrected chi connectivity index (χ1v) is 10.2. The molecule has 0 amide bonds. The quantitative estimate of drug-likeness (QED) is 0.213. The molecule has 1 rings (SSSR count). The smallest absolute Gasteiger partial charge is 0.311 e. The van der Waals surface area contributed by atoms with Crippen LogP contribution in [0.1, 0.15) is 84.0 Å². The van der Waals surface area contributed by atoms with Crippen molar-refractivity contribution in [2.75, 3.05) is 6.61 Å². The Hall–Kier alpha value is -1.91. The molecular weight excluding hydrogens is 347 g/mol. The highest BCUT2D eigenvalue weighted by Crippen LogP contribution is 2.16. The molecule has 0 saturated carbocycles. The third-order valence-corrected chi connectivity index (χ3v) is 4.33. The van der Waals surface area contributed by atoms with Gasteiger partial charge in [-0.1, -0.05) is 64.0 Å². The van der Waals surface area contributed by atoms with Gasteiger partial charge in [0.1, 0.15) is 0 Å². The Balaban J connectivity index is 1.95. The third-order valence-electron chi connectivity index (χ3n) is 4.33. The van der Waals surface area contributed by atoms with Crippen LogP contribution in [0.25, 0.3) is 0 Å². The van der Waals surface area contributed by atoms with E-state index in [0.717, 1.165) is 12.8 Å². The first-order valence-electron chi connectivity index (χ1n) is 10.2. The molecule has 1 aromatic rings. The topological polar surface area (TPSA) is 52.6 Å². The fourth-order valence-electron chi connectivity index (χ4n) is 2.73. The van der Waals surface area contributed by atoms with Gasteiger partial charge >= 0.3 is 11.9 Å². The molecule has 0 spiro atoms. The molecule has 0 unspecified atom stereocenters. The van der Waals surface area contributed by atoms with E-state index in [1.807, 2.05) is 0 Å². The van der Waals surface area contributed by atoms with Crippen molar-refractivity contribution in [2.24, 2.45) is 0 Å². The summed E-state index contributed by atoms with van der Waals surface area (Å²) in [7, 11) is 0. The van der Waals surface area contributed by atoms with Crippen LogP contribution >= 0.6 is 0 Å². The summed E-state index contributed by atoms with van der Waals surface area (Å²) in [5.41, 5.74) is 0. The van der Waals surface area contributed by atoms with Gasteiger partial charge in [-0.05, 0) is 31.4 Å². The van der Waals surface area contributed by atoms with E-state index in [9.17, 15) is 14.0 Å². The summed E-state index contributed by atoms with van der Waals surface area (Å²) < 4.78 is 23.5. The van der Waals surface area contributed by atoms with Gasteiger partial charge < -0.3 is 9.47 Å². The van der Waals surface area contributed by atoms with Gasteiger partial charge in [0.05, 0.1) is 6.61 Å². The third kappa shape index (κ3) is 12.2. The van der Waals surface area contributed by atoms with Gasteiger partial charge in [-0.25, -0.2) is 4.39 Å². The average molecular weight is 380 g/mol. The molecule has 152 valence electrons. The van der Waals surface area contributed by atoms with Crippen molar-refractivity contribution < 1.29 is 23.5 Å². The average Bonchev–Trinajstić information content (AvgIpc) is 2.66. The monoisotopic (exact) mass is 380 g/mol. The number of para-hydroxylation sites is 1. The van der Waals surface area contributed by atoms with E-state index < -0.39 is 11.8 Å². The van der Waals surface area contributed by atoms with E-state index in [-0.39, 0.29) is 18.1 Å². The molecule has 0 aliphatic rings. The van der Waals surface area contributed by atoms with Gasteiger partial charge in [-0.2, -0.15) is 0 Å². The number of unbranched alkanes of at least 4 members (excludes halogenated alkanes) is 8. The van der Waals surface area contributed by atoms with Crippen LogP contribution in [0.2, 0.25) is 0 Å². The molecule has 0 atom stereocenters. The summed E-state index contributed by atoms with van der Waals surface area (Å²) in [5, 5.41) is 0. The van der Waals surface area contributed by atoms with Crippen LogP contribution < -0.4 is 4.74 Å². The predicted molar refractivity (Wildman–Crippen MR) is 104 cm³/mol. The number of esters is 2. The number of halogens is 1. The van der Waals surface area contributed by atoms with Crippen molar-refractivity contribution in [3.8, 4) is 5.75 Å². The molecule has 0 saturated heterocycles. The van der Waals surface area contributed by atoms with Crippen LogP contribution in [-0.4, -0.2) is 18.5 Å². The van der Waals surface area contributed by atoms with Crippen LogP contribution in [0, 0.1) is 5.82 Å². The second-order valence-corrected chi connectivity index (χ2v) is 6.81. The maximum absolute atomic E-state index is 13.4. The fraction of sp³-hybridized carbons (Fsp3) is 0.636. The number of benzene rings is 1. The normalized spacial score (nSPS) is 10.6. The van der Waals surface area contributed by atoms with Crippen molar-refractivity contribution >= 4 is 11.9 Å². The van der Waals surface area contributed by atoms with E-state index in [1.165, 1.54) is 56.7 Å². The number of ether oxygens (including phenoxy) is 2. The van der Waals surface area contributed by atoms with Crippen LogP contribution in [0.4, 0.5) is 4.39 Å². The summed E-state index contributed by atoms with van der Waals surface area (Å²) in [4.78, 5) is 23.3. The zero-order valence-electron chi connectivity index (χ0n) is 16.5. The summed E-state index contributed by atoms with van der Waals surface area (Å²) in [6.07, 6.45) is 11.2. The van der Waals surface area contributed by atoms with E-state index >= 15 is 0 Å². The minimum absolute atomic E-state index is 0.0627. The molecule has 0 heterocycles. The highest BCUT2D eigenvalue weighted by molar-refractivity contribution is 5.72. The highest BCUT2D eigenvalue weighted by Gasteiger charge is 2.09. The first kappa shape index (κ1) is 23.1. The lowest BCUT2D eigenvalue weighted by atomic mass is 10.1. The molecular formula is C22H33FO4. The van der Waals surface area contributed by atoms with E-state index in [2.05, 4.69) is 6.92 Å². The summed E-state index contributed by atoms with van der Waals surface area (Å²) >= 11 is 0. The van der Waals surface area contributed by atoms with Gasteiger partial charge in [0.2, 0.25) is 0 Å². The molecule has 0 aliphatic heterocycles. The number of carbonyl (C=O) groups is 2. The molecule has 5 heteroatoms. The Morgan fingerprint density at radius 1 is 0.815 bits per heavy atom. The fourth-order valence-corrected chi connectivity index (χ4v) is 2.73. The number of hydrogen-bond acceptors (Lipinski definition) is 4. The first-order chi connectivity index (χ1) is 13.1. The molecule has 27 heavy (non-hydrogen) atoms. The van der Waals surface area contributed by atoms with Gasteiger partial charge in [0.25, 0.3) is 0 Å². The molecule has 4 nitrogen and oxygen atoms in total. The summed E-state index contributed by atoms with van der Waals surface area (Å²) in [6, 6.07) is 5.79. The zero-order chi connectivity index (χ0) is 19.7. The summed E-state index contributed by atoms with van der Waals surface area (Å²) in [6.45, 7) is 2.69. The van der Waals surface area contributed by atoms with E-state index in [1.54, 1.807) is 6.07 Å². The molecule has 0 aliphatic carbocycles. The van der Waals surface area contributed by atoms with Crippen LogP contribution in [0.3, 0.4) is 0 Å². The van der Waals surface area contributed by atoms with Crippen LogP contribution in [0.15, 0.2) is 24.3 Å². The van der Waals surface area contributed by atoms with Gasteiger partial charge in [-0.15, -0.1) is 0 Å². The lowest BCUT2D eigenvalue weighted by Crippen LogP contribution is -2.10. The maximum Gasteiger partial charge on any atom is 0.311 e. The SMILES string of the molecule is CCCCCCCCCCOC(=O)CCCCC(=O)Oc1ccccc1F. The van der Waals surface area contributed by atoms with E-state index in [4.69, 9.17) is 9.47 Å². The van der Waals surface area contributed by atoms with Crippen molar-refractivity contribution in [3.05, 3.63) is 30.1 Å². The largest absolute Gasteiger partial charge is 0.466 e. The number of hydrogen-bond donors (Lipinski definition) is 0. The zero-order valence-corrected chi connectivity index (χ0v) is 16.5. The van der Waals surface area contributed by atoms with Crippen molar-refractivity contribution in [2.45, 2.75) is 84.0 Å². The lowest BCUT2D eigenvalue weighted by Gasteiger charge is -2.06. The Morgan fingerprint density at radius 2 is 1.41 bits per heavy atom. The van der Waals surface area contributed by atoms with Crippen LogP contribution in [-0.2, 0) is 14.3 Å². The highest BCUT2D eigenvalue weighted by atomic mass is 19.1. The number of carbonyl (C=O) groups excluding carboxylic acids is 2. The van der Waals surface area contributed by atoms with Crippen molar-refractivity contribution in [1.82, 2.24) is 0 Å². The number of rotatable bonds is 15. The van der Waals surface area contributed by atoms with Gasteiger partial charge in [-0.3, -0.25) is 9.59 Å². The molecule has 0 bridgehead atoms. The van der Waals surface area contributed by atoms with E-state index in [0.29, 0.717) is 25.9 Å². The van der Waals surface area contributed by atoms with Gasteiger partial charge in [0, 0.05) is 12.8 Å². The van der Waals surface area contributed by atoms with Gasteiger partial charge in [0.15, 0.2) is 11.6 Å². The molecule has 0 aromatic heterocycles. The molecule has 0 radical (unpaired) electrons. The van der Waals surface area contributed by atoms with Crippen molar-refractivity contribution in [1.29, 1.82) is 0 Å². The standard InChI is InChI=1S/C22H33FO4/c1-2-3-4-5-6-7-8-13-18-26-21(24)16-11-12-17-22(25)27-20-15-10-9-14-19(20)23/h9-10,14-15H,2-8,11-13,16-18H2,1H3. The minimum Gasteiger partial charge on any atom is -0.466 e. The Labute approximate surface area is 162 Å². The second kappa shape index (κ2) is 15.2. The Morgan fingerprint density at radius 3 is 2.07 bits per heavy atom. The lowest BCUT2D eigenvalue weighted by molar-refractivity contribution is -0.144. The Kier molecular flexibility index (Phi) is 13.0. The molecule has 0 fully saturated rings. The Bertz CT molecular complexity index is 545. The maximum atomic E-state index is 13.4. The summed E-state index contributed by atoms with van der Waals surface area (Å²) in [5.74, 6) is -1.34.